The summed E-state index contributed by atoms with van der Waals surface area (Å²) in [5.74, 6) is 6.77. The van der Waals surface area contributed by atoms with E-state index in [1.807, 2.05) is 0 Å². The van der Waals surface area contributed by atoms with E-state index < -0.39 is 5.97 Å². The second-order valence-electron chi connectivity index (χ2n) is 11.8. The molecule has 7 saturated carbocycles. The number of rotatable bonds is 2. The summed E-state index contributed by atoms with van der Waals surface area (Å²) >= 11 is 0. The van der Waals surface area contributed by atoms with Crippen LogP contribution in [0, 0.1) is 70.0 Å². The first-order chi connectivity index (χ1) is 12.5. The first-order valence-corrected chi connectivity index (χ1v) is 11.4. The molecular weight excluding hydrogens is 320 g/mol. The van der Waals surface area contributed by atoms with Gasteiger partial charge in [-0.25, -0.2) is 0 Å². The second kappa shape index (κ2) is 4.44. The number of hydrogen-bond acceptors (Lipinski definition) is 1. The van der Waals surface area contributed by atoms with Crippen LogP contribution in [0.1, 0.15) is 58.3 Å². The van der Waals surface area contributed by atoms with Gasteiger partial charge in [0.1, 0.15) is 0 Å². The number of fused-ring (bicyclic) bond motifs is 10. The number of carbonyl (C=O) groups is 1. The van der Waals surface area contributed by atoms with E-state index in [1.165, 1.54) is 44.9 Å². The molecule has 0 radical (unpaired) electrons. The molecule has 7 atom stereocenters. The molecule has 8 aliphatic rings. The molecule has 0 aromatic carbocycles. The van der Waals surface area contributed by atoms with Crippen LogP contribution in [-0.2, 0) is 4.79 Å². The van der Waals surface area contributed by atoms with Gasteiger partial charge in [-0.15, -0.1) is 0 Å². The predicted octanol–water partition coefficient (Wildman–Crippen LogP) is 5.00. The van der Waals surface area contributed by atoms with Crippen LogP contribution < -0.4 is 0 Å². The van der Waals surface area contributed by atoms with E-state index in [-0.39, 0.29) is 5.92 Å². The first kappa shape index (κ1) is 15.2. The van der Waals surface area contributed by atoms with Gasteiger partial charge in [0.15, 0.2) is 0 Å². The minimum Gasteiger partial charge on any atom is -0.481 e. The molecule has 0 spiro atoms. The lowest BCUT2D eigenvalue weighted by molar-refractivity contribution is -0.192. The maximum Gasteiger partial charge on any atom is 0.306 e. The highest BCUT2D eigenvalue weighted by Crippen LogP contribution is 2.81. The van der Waals surface area contributed by atoms with Crippen molar-refractivity contribution in [1.29, 1.82) is 0 Å². The topological polar surface area (TPSA) is 37.3 Å². The average molecular weight is 353 g/mol. The summed E-state index contributed by atoms with van der Waals surface area (Å²) in [5, 5.41) is 10.1. The zero-order chi connectivity index (χ0) is 17.4. The van der Waals surface area contributed by atoms with Crippen molar-refractivity contribution in [3.05, 3.63) is 12.2 Å². The van der Waals surface area contributed by atoms with E-state index in [0.29, 0.717) is 28.6 Å². The van der Waals surface area contributed by atoms with Crippen molar-refractivity contribution in [1.82, 2.24) is 0 Å². The van der Waals surface area contributed by atoms with Gasteiger partial charge in [0.25, 0.3) is 0 Å². The van der Waals surface area contributed by atoms with Gasteiger partial charge in [-0.05, 0) is 115 Å². The Morgan fingerprint density at radius 2 is 1.58 bits per heavy atom. The summed E-state index contributed by atoms with van der Waals surface area (Å²) in [6.07, 6.45) is 16.0. The number of aliphatic carboxylic acids is 1. The molecule has 0 aromatic rings. The lowest BCUT2D eigenvalue weighted by atomic mass is 9.37. The summed E-state index contributed by atoms with van der Waals surface area (Å²) in [4.78, 5) is 12.2. The van der Waals surface area contributed by atoms with Crippen LogP contribution in [0.25, 0.3) is 0 Å². The van der Waals surface area contributed by atoms with Crippen LogP contribution in [0.3, 0.4) is 0 Å². The van der Waals surface area contributed by atoms with Gasteiger partial charge in [-0.1, -0.05) is 19.1 Å². The van der Waals surface area contributed by atoms with Crippen LogP contribution in [0.15, 0.2) is 12.2 Å². The van der Waals surface area contributed by atoms with E-state index in [0.717, 1.165) is 41.9 Å². The zero-order valence-electron chi connectivity index (χ0n) is 15.9. The van der Waals surface area contributed by atoms with Gasteiger partial charge < -0.3 is 5.11 Å². The molecule has 2 heteroatoms. The minimum atomic E-state index is -0.477. The largest absolute Gasteiger partial charge is 0.481 e. The van der Waals surface area contributed by atoms with E-state index in [1.54, 1.807) is 0 Å². The molecule has 2 nitrogen and oxygen atoms in total. The Hall–Kier alpha value is -0.790. The van der Waals surface area contributed by atoms with Crippen molar-refractivity contribution in [3.63, 3.8) is 0 Å². The normalized spacial score (nSPS) is 65.9. The summed E-state index contributed by atoms with van der Waals surface area (Å²) in [6, 6.07) is 0. The van der Waals surface area contributed by atoms with E-state index in [2.05, 4.69) is 19.1 Å². The predicted molar refractivity (Wildman–Crippen MR) is 99.2 cm³/mol. The first-order valence-electron chi connectivity index (χ1n) is 11.4. The summed E-state index contributed by atoms with van der Waals surface area (Å²) in [7, 11) is 0. The van der Waals surface area contributed by atoms with Gasteiger partial charge in [0.05, 0.1) is 5.92 Å². The highest BCUT2D eigenvalue weighted by molar-refractivity contribution is 5.71. The highest BCUT2D eigenvalue weighted by atomic mass is 16.4. The fourth-order valence-electron chi connectivity index (χ4n) is 11.1. The molecule has 26 heavy (non-hydrogen) atoms. The lowest BCUT2D eigenvalue weighted by Gasteiger charge is -2.68. The fraction of sp³-hybridized carbons (Fsp3) is 0.875. The van der Waals surface area contributed by atoms with Crippen molar-refractivity contribution < 1.29 is 9.90 Å². The number of carboxylic acids is 1. The average Bonchev–Trinajstić information content (AvgIpc) is 3.35. The van der Waals surface area contributed by atoms with Crippen molar-refractivity contribution >= 4 is 5.97 Å². The molecule has 0 amide bonds. The van der Waals surface area contributed by atoms with Crippen molar-refractivity contribution in [2.75, 3.05) is 0 Å². The molecule has 0 saturated heterocycles. The van der Waals surface area contributed by atoms with Gasteiger partial charge >= 0.3 is 5.97 Å². The molecular formula is C24H32O2. The molecule has 0 aromatic heterocycles. The summed E-state index contributed by atoms with van der Waals surface area (Å²) in [6.45, 7) is 2.68. The quantitative estimate of drug-likeness (QED) is 0.561. The van der Waals surface area contributed by atoms with Crippen LogP contribution >= 0.6 is 0 Å². The van der Waals surface area contributed by atoms with Gasteiger partial charge in [-0.2, -0.15) is 0 Å². The van der Waals surface area contributed by atoms with Crippen LogP contribution in [-0.4, -0.2) is 11.1 Å². The Balaban J connectivity index is 1.39. The molecule has 8 rings (SSSR count). The van der Waals surface area contributed by atoms with E-state index >= 15 is 0 Å². The maximum atomic E-state index is 12.2. The molecule has 0 heterocycles. The molecule has 140 valence electrons. The third kappa shape index (κ3) is 1.44. The molecule has 8 aliphatic carbocycles. The van der Waals surface area contributed by atoms with Crippen LogP contribution in [0.5, 0.6) is 0 Å². The molecule has 8 bridgehead atoms. The number of hydrogen-bond donors (Lipinski definition) is 1. The zero-order valence-corrected chi connectivity index (χ0v) is 15.9. The Labute approximate surface area is 156 Å². The lowest BCUT2D eigenvalue weighted by Crippen LogP contribution is -2.61. The summed E-state index contributed by atoms with van der Waals surface area (Å²) < 4.78 is 0. The standard InChI is InChI=1S/C24H32O2/c1-23(16-5-12-4-13(7-16)8-17(23)6-12)24-10-18(19(11-24)22(25)26)20-14-2-3-15(9-14)21(20)24/h2-3,12-21H,4-11H2,1H3,(H,25,26). The third-order valence-electron chi connectivity index (χ3n) is 11.6. The highest BCUT2D eigenvalue weighted by Gasteiger charge is 2.76. The van der Waals surface area contributed by atoms with Gasteiger partial charge in [0, 0.05) is 0 Å². The molecule has 7 fully saturated rings. The third-order valence-corrected chi connectivity index (χ3v) is 11.6. The Morgan fingerprint density at radius 3 is 2.23 bits per heavy atom. The molecule has 0 aliphatic heterocycles. The van der Waals surface area contributed by atoms with Crippen LogP contribution in [0.2, 0.25) is 0 Å². The monoisotopic (exact) mass is 352 g/mol. The van der Waals surface area contributed by atoms with Gasteiger partial charge in [0.2, 0.25) is 0 Å². The summed E-state index contributed by atoms with van der Waals surface area (Å²) in [5.41, 5.74) is 0.777. The molecule has 7 unspecified atom stereocenters. The van der Waals surface area contributed by atoms with Crippen molar-refractivity contribution in [3.8, 4) is 0 Å². The smallest absolute Gasteiger partial charge is 0.306 e. The van der Waals surface area contributed by atoms with E-state index in [4.69, 9.17) is 0 Å². The number of allylic oxidation sites excluding steroid dienone is 2. The van der Waals surface area contributed by atoms with Crippen molar-refractivity contribution in [2.45, 2.75) is 58.3 Å². The number of carboxylic acid groups (broad SMARTS) is 1. The molecule has 1 N–H and O–H groups in total. The minimum absolute atomic E-state index is 0.0435. The maximum absolute atomic E-state index is 12.2. The fourth-order valence-corrected chi connectivity index (χ4v) is 11.1. The second-order valence-corrected chi connectivity index (χ2v) is 11.8. The van der Waals surface area contributed by atoms with E-state index in [9.17, 15) is 9.90 Å². The Kier molecular flexibility index (Phi) is 2.59. The Morgan fingerprint density at radius 1 is 0.923 bits per heavy atom. The SMILES string of the molecule is CC1(C23CC(C(=O)O)C(C2)C2C4C=CC(C4)C23)C2CC3CC(C2)CC1C3. The van der Waals surface area contributed by atoms with Gasteiger partial charge in [-0.3, -0.25) is 4.79 Å². The van der Waals surface area contributed by atoms with Crippen LogP contribution in [0.4, 0.5) is 0 Å². The van der Waals surface area contributed by atoms with Crippen molar-refractivity contribution in [2.24, 2.45) is 70.0 Å². The Bertz CT molecular complexity index is 694.